The molecule has 5 nitrogen and oxygen atoms in total. The first-order valence-electron chi connectivity index (χ1n) is 10.0. The van der Waals surface area contributed by atoms with Gasteiger partial charge in [0.1, 0.15) is 11.5 Å². The molecule has 7 heteroatoms. The molecule has 0 bridgehead atoms. The summed E-state index contributed by atoms with van der Waals surface area (Å²) in [5, 5.41) is 6.98. The number of rotatable bonds is 8. The van der Waals surface area contributed by atoms with E-state index < -0.39 is 0 Å². The smallest absolute Gasteiger partial charge is 0.183 e. The van der Waals surface area contributed by atoms with Crippen molar-refractivity contribution in [2.24, 2.45) is 0 Å². The van der Waals surface area contributed by atoms with Crippen LogP contribution >= 0.6 is 22.9 Å². The van der Waals surface area contributed by atoms with Gasteiger partial charge in [-0.25, -0.2) is 4.98 Å². The van der Waals surface area contributed by atoms with Gasteiger partial charge in [0.25, 0.3) is 0 Å². The fourth-order valence-corrected chi connectivity index (χ4v) is 4.15. The number of methoxy groups -OCH3 is 2. The number of nitrogens with zero attached hydrogens (tertiary/aromatic N) is 1. The Bertz CT molecular complexity index is 1190. The van der Waals surface area contributed by atoms with Crippen LogP contribution in [0.1, 0.15) is 11.1 Å². The summed E-state index contributed by atoms with van der Waals surface area (Å²) in [6.07, 6.45) is 0. The number of benzene rings is 3. The molecule has 4 aromatic rings. The van der Waals surface area contributed by atoms with Gasteiger partial charge in [0, 0.05) is 22.5 Å². The van der Waals surface area contributed by atoms with Gasteiger partial charge in [-0.1, -0.05) is 17.7 Å². The van der Waals surface area contributed by atoms with E-state index in [0.717, 1.165) is 50.5 Å². The molecule has 0 aliphatic heterocycles. The summed E-state index contributed by atoms with van der Waals surface area (Å²) in [7, 11) is 3.30. The summed E-state index contributed by atoms with van der Waals surface area (Å²) in [6.45, 7) is 2.67. The third-order valence-corrected chi connectivity index (χ3v) is 6.09. The van der Waals surface area contributed by atoms with E-state index in [2.05, 4.69) is 5.32 Å². The molecule has 1 aromatic heterocycles. The topological polar surface area (TPSA) is 52.6 Å². The minimum atomic E-state index is 0.646. The van der Waals surface area contributed by atoms with Gasteiger partial charge < -0.3 is 19.5 Å². The molecule has 0 atom stereocenters. The summed E-state index contributed by atoms with van der Waals surface area (Å²) in [5.41, 5.74) is 4.12. The number of ether oxygens (including phenoxy) is 3. The lowest BCUT2D eigenvalue weighted by molar-refractivity contribution is 0.352. The quantitative estimate of drug-likeness (QED) is 0.297. The van der Waals surface area contributed by atoms with E-state index in [1.165, 1.54) is 0 Å². The molecular formula is C25H23ClN2O3S. The molecule has 0 radical (unpaired) electrons. The molecule has 0 saturated carbocycles. The minimum absolute atomic E-state index is 0.646. The number of aromatic nitrogens is 1. The van der Waals surface area contributed by atoms with E-state index in [9.17, 15) is 0 Å². The normalized spacial score (nSPS) is 10.6. The van der Waals surface area contributed by atoms with E-state index >= 15 is 0 Å². The van der Waals surface area contributed by atoms with Crippen molar-refractivity contribution in [2.75, 3.05) is 19.5 Å². The number of nitrogens with one attached hydrogen (secondary N) is 1. The maximum absolute atomic E-state index is 5.92. The van der Waals surface area contributed by atoms with Crippen LogP contribution in [0.4, 0.5) is 5.13 Å². The molecule has 32 heavy (non-hydrogen) atoms. The minimum Gasteiger partial charge on any atom is -0.493 e. The van der Waals surface area contributed by atoms with Gasteiger partial charge in [0.2, 0.25) is 0 Å². The van der Waals surface area contributed by atoms with Crippen molar-refractivity contribution < 1.29 is 14.2 Å². The van der Waals surface area contributed by atoms with E-state index in [1.54, 1.807) is 37.7 Å². The average molecular weight is 467 g/mol. The second-order valence-corrected chi connectivity index (χ2v) is 8.35. The predicted molar refractivity (Wildman–Crippen MR) is 131 cm³/mol. The number of anilines is 1. The number of hydrogen-bond acceptors (Lipinski definition) is 6. The van der Waals surface area contributed by atoms with Crippen LogP contribution in [-0.4, -0.2) is 19.2 Å². The lowest BCUT2D eigenvalue weighted by Gasteiger charge is -2.14. The van der Waals surface area contributed by atoms with Crippen LogP contribution in [0, 0.1) is 6.92 Å². The predicted octanol–water partition coefficient (Wildman–Crippen LogP) is 7.19. The average Bonchev–Trinajstić information content (AvgIpc) is 3.29. The zero-order valence-electron chi connectivity index (χ0n) is 18.0. The molecule has 0 saturated heterocycles. The van der Waals surface area contributed by atoms with Crippen LogP contribution < -0.4 is 19.5 Å². The van der Waals surface area contributed by atoms with Crippen molar-refractivity contribution in [3.8, 4) is 34.3 Å². The van der Waals surface area contributed by atoms with Crippen LogP contribution in [0.5, 0.6) is 23.0 Å². The molecular weight excluding hydrogens is 444 g/mol. The SMILES string of the molecule is COc1ccc(CNc2nc(-c3ccc(Oc4ccc(Cl)cc4)cc3)cs2)c(C)c1OC. The van der Waals surface area contributed by atoms with Crippen LogP contribution in [0.25, 0.3) is 11.3 Å². The van der Waals surface area contributed by atoms with E-state index in [1.807, 2.05) is 60.8 Å². The van der Waals surface area contributed by atoms with E-state index in [4.69, 9.17) is 30.8 Å². The molecule has 4 rings (SSSR count). The fourth-order valence-electron chi connectivity index (χ4n) is 3.30. The largest absolute Gasteiger partial charge is 0.493 e. The van der Waals surface area contributed by atoms with Crippen LogP contribution in [-0.2, 0) is 6.54 Å². The molecule has 164 valence electrons. The van der Waals surface area contributed by atoms with Crippen LogP contribution in [0.2, 0.25) is 5.02 Å². The highest BCUT2D eigenvalue weighted by Gasteiger charge is 2.12. The highest BCUT2D eigenvalue weighted by Crippen LogP contribution is 2.34. The van der Waals surface area contributed by atoms with Crippen molar-refractivity contribution in [1.82, 2.24) is 4.98 Å². The molecule has 0 aliphatic carbocycles. The lowest BCUT2D eigenvalue weighted by Crippen LogP contribution is -2.03. The molecule has 0 fully saturated rings. The fraction of sp³-hybridized carbons (Fsp3) is 0.160. The van der Waals surface area contributed by atoms with Crippen molar-refractivity contribution in [3.63, 3.8) is 0 Å². The van der Waals surface area contributed by atoms with Crippen molar-refractivity contribution >= 4 is 28.1 Å². The van der Waals surface area contributed by atoms with Gasteiger partial charge in [0.05, 0.1) is 19.9 Å². The summed E-state index contributed by atoms with van der Waals surface area (Å²) < 4.78 is 16.7. The highest BCUT2D eigenvalue weighted by molar-refractivity contribution is 7.14. The Balaban J connectivity index is 1.41. The highest BCUT2D eigenvalue weighted by atomic mass is 35.5. The third-order valence-electron chi connectivity index (χ3n) is 5.04. The molecule has 3 aromatic carbocycles. The monoisotopic (exact) mass is 466 g/mol. The zero-order valence-corrected chi connectivity index (χ0v) is 19.6. The van der Waals surface area contributed by atoms with E-state index in [-0.39, 0.29) is 0 Å². The Labute approximate surface area is 196 Å². The number of thiazole rings is 1. The van der Waals surface area contributed by atoms with Gasteiger partial charge in [0.15, 0.2) is 16.6 Å². The summed E-state index contributed by atoms with van der Waals surface area (Å²) in [4.78, 5) is 4.72. The molecule has 1 N–H and O–H groups in total. The van der Waals surface area contributed by atoms with Crippen molar-refractivity contribution in [2.45, 2.75) is 13.5 Å². The second kappa shape index (κ2) is 9.94. The Morgan fingerprint density at radius 2 is 1.59 bits per heavy atom. The third kappa shape index (κ3) is 4.98. The number of halogens is 1. The Morgan fingerprint density at radius 1 is 0.906 bits per heavy atom. The van der Waals surface area contributed by atoms with Gasteiger partial charge in [-0.2, -0.15) is 0 Å². The molecule has 0 spiro atoms. The maximum Gasteiger partial charge on any atom is 0.183 e. The van der Waals surface area contributed by atoms with Gasteiger partial charge in [-0.15, -0.1) is 11.3 Å². The first-order valence-corrected chi connectivity index (χ1v) is 11.3. The zero-order chi connectivity index (χ0) is 22.5. The summed E-state index contributed by atoms with van der Waals surface area (Å²) >= 11 is 7.49. The Morgan fingerprint density at radius 3 is 2.25 bits per heavy atom. The standard InChI is InChI=1S/C25H23ClN2O3S/c1-16-18(6-13-23(29-2)24(16)30-3)14-27-25-28-22(15-32-25)17-4-9-20(10-5-17)31-21-11-7-19(26)8-12-21/h4-13,15H,14H2,1-3H3,(H,27,28). The van der Waals surface area contributed by atoms with Gasteiger partial charge in [-0.05, 0) is 72.6 Å². The van der Waals surface area contributed by atoms with Crippen LogP contribution in [0.15, 0.2) is 66.0 Å². The summed E-state index contributed by atoms with van der Waals surface area (Å²) in [5.74, 6) is 2.99. The van der Waals surface area contributed by atoms with Crippen LogP contribution in [0.3, 0.4) is 0 Å². The first-order chi connectivity index (χ1) is 15.6. The summed E-state index contributed by atoms with van der Waals surface area (Å²) in [6, 6.07) is 19.1. The van der Waals surface area contributed by atoms with E-state index in [0.29, 0.717) is 11.6 Å². The number of hydrogen-bond donors (Lipinski definition) is 1. The Kier molecular flexibility index (Phi) is 6.83. The van der Waals surface area contributed by atoms with Gasteiger partial charge in [-0.3, -0.25) is 0 Å². The molecule has 0 amide bonds. The molecule has 1 heterocycles. The molecule has 0 unspecified atom stereocenters. The first kappa shape index (κ1) is 22.0. The Hall–Kier alpha value is -3.22. The lowest BCUT2D eigenvalue weighted by atomic mass is 10.1. The maximum atomic E-state index is 5.92. The van der Waals surface area contributed by atoms with Crippen molar-refractivity contribution in [3.05, 3.63) is 82.2 Å². The van der Waals surface area contributed by atoms with Crippen molar-refractivity contribution in [1.29, 1.82) is 0 Å². The second-order valence-electron chi connectivity index (χ2n) is 7.06. The molecule has 0 aliphatic rings. The van der Waals surface area contributed by atoms with Gasteiger partial charge >= 0.3 is 0 Å².